The molecule has 0 unspecified atom stereocenters. The van der Waals surface area contributed by atoms with Crippen LogP contribution in [0, 0.1) is 5.82 Å². The van der Waals surface area contributed by atoms with Crippen LogP contribution in [0.3, 0.4) is 0 Å². The van der Waals surface area contributed by atoms with Crippen LogP contribution in [0.25, 0.3) is 33.6 Å². The Kier molecular flexibility index (Phi) is 6.21. The molecule has 4 rings (SSSR count). The molecule has 0 spiro atoms. The van der Waals surface area contributed by atoms with Crippen LogP contribution in [0.2, 0.25) is 0 Å². The standard InChI is InChI=1S/C24H22FN3O3/c25-18-12-10-16(11-13-18)20-21-23(26-14-6-2-5-9-19(29)30)27-15-28-24(21)31-22(20)17-7-3-1-4-8-17/h1,3-4,7-8,10-13,15H,2,5-6,9,14H2,(H,29,30)(H,26,27,28). The predicted octanol–water partition coefficient (Wildman–Crippen LogP) is 5.75. The second-order valence-electron chi connectivity index (χ2n) is 7.21. The van der Waals surface area contributed by atoms with Crippen molar-refractivity contribution in [3.05, 3.63) is 66.7 Å². The fourth-order valence-corrected chi connectivity index (χ4v) is 3.54. The number of rotatable bonds is 9. The van der Waals surface area contributed by atoms with Crippen molar-refractivity contribution >= 4 is 22.9 Å². The zero-order chi connectivity index (χ0) is 21.6. The second kappa shape index (κ2) is 9.38. The van der Waals surface area contributed by atoms with E-state index in [9.17, 15) is 9.18 Å². The normalized spacial score (nSPS) is 11.0. The number of anilines is 1. The van der Waals surface area contributed by atoms with Crippen molar-refractivity contribution in [1.82, 2.24) is 9.97 Å². The van der Waals surface area contributed by atoms with E-state index in [4.69, 9.17) is 9.52 Å². The van der Waals surface area contributed by atoms with Crippen molar-refractivity contribution in [3.63, 3.8) is 0 Å². The summed E-state index contributed by atoms with van der Waals surface area (Å²) in [6, 6.07) is 16.0. The summed E-state index contributed by atoms with van der Waals surface area (Å²) in [5.41, 5.74) is 2.94. The van der Waals surface area contributed by atoms with Gasteiger partial charge in [-0.15, -0.1) is 0 Å². The molecule has 0 aliphatic rings. The summed E-state index contributed by atoms with van der Waals surface area (Å²) in [5.74, 6) is 0.190. The third-order valence-electron chi connectivity index (χ3n) is 5.02. The lowest BCUT2D eigenvalue weighted by Crippen LogP contribution is -2.04. The summed E-state index contributed by atoms with van der Waals surface area (Å²) in [7, 11) is 0. The Hall–Kier alpha value is -3.74. The molecule has 0 aliphatic heterocycles. The Balaban J connectivity index is 1.70. The minimum absolute atomic E-state index is 0.175. The van der Waals surface area contributed by atoms with Crippen molar-refractivity contribution in [2.24, 2.45) is 0 Å². The number of unbranched alkanes of at least 4 members (excludes halogenated alkanes) is 2. The van der Waals surface area contributed by atoms with E-state index in [1.165, 1.54) is 18.5 Å². The number of nitrogens with one attached hydrogen (secondary N) is 1. The summed E-state index contributed by atoms with van der Waals surface area (Å²) in [6.45, 7) is 0.639. The molecule has 0 saturated heterocycles. The molecule has 158 valence electrons. The minimum Gasteiger partial charge on any atom is -0.481 e. The zero-order valence-electron chi connectivity index (χ0n) is 16.8. The number of halogens is 1. The fraction of sp³-hybridized carbons (Fsp3) is 0.208. The number of hydrogen-bond acceptors (Lipinski definition) is 5. The van der Waals surface area contributed by atoms with Crippen LogP contribution in [-0.2, 0) is 4.79 Å². The van der Waals surface area contributed by atoms with Crippen molar-refractivity contribution in [3.8, 4) is 22.5 Å². The molecule has 4 aromatic rings. The highest BCUT2D eigenvalue weighted by molar-refractivity contribution is 6.05. The number of fused-ring (bicyclic) bond motifs is 1. The van der Waals surface area contributed by atoms with Crippen LogP contribution >= 0.6 is 0 Å². The maximum absolute atomic E-state index is 13.6. The predicted molar refractivity (Wildman–Crippen MR) is 117 cm³/mol. The molecule has 6 nitrogen and oxygen atoms in total. The monoisotopic (exact) mass is 419 g/mol. The Morgan fingerprint density at radius 2 is 1.74 bits per heavy atom. The first kappa shape index (κ1) is 20.5. The molecule has 0 saturated carbocycles. The van der Waals surface area contributed by atoms with Gasteiger partial charge in [0.15, 0.2) is 0 Å². The molecule has 2 heterocycles. The van der Waals surface area contributed by atoms with Gasteiger partial charge >= 0.3 is 5.97 Å². The number of nitrogens with zero attached hydrogens (tertiary/aromatic N) is 2. The SMILES string of the molecule is O=C(O)CCCCCNc1ncnc2oc(-c3ccccc3)c(-c3ccc(F)cc3)c12. The van der Waals surface area contributed by atoms with Crippen molar-refractivity contribution < 1.29 is 18.7 Å². The van der Waals surface area contributed by atoms with Crippen LogP contribution < -0.4 is 5.32 Å². The zero-order valence-corrected chi connectivity index (χ0v) is 16.8. The first-order valence-electron chi connectivity index (χ1n) is 10.2. The molecule has 0 bridgehead atoms. The van der Waals surface area contributed by atoms with Gasteiger partial charge in [0.1, 0.15) is 23.7 Å². The first-order valence-corrected chi connectivity index (χ1v) is 10.2. The maximum atomic E-state index is 13.6. The molecule has 0 atom stereocenters. The highest BCUT2D eigenvalue weighted by atomic mass is 19.1. The van der Waals surface area contributed by atoms with Gasteiger partial charge in [-0.2, -0.15) is 0 Å². The van der Waals surface area contributed by atoms with Gasteiger partial charge in [0.25, 0.3) is 0 Å². The molecule has 7 heteroatoms. The van der Waals surface area contributed by atoms with Crippen molar-refractivity contribution in [2.75, 3.05) is 11.9 Å². The van der Waals surface area contributed by atoms with Crippen LogP contribution in [-0.4, -0.2) is 27.6 Å². The molecule has 0 radical (unpaired) electrons. The van der Waals surface area contributed by atoms with Crippen LogP contribution in [0.15, 0.2) is 65.3 Å². The lowest BCUT2D eigenvalue weighted by molar-refractivity contribution is -0.137. The molecule has 31 heavy (non-hydrogen) atoms. The smallest absolute Gasteiger partial charge is 0.303 e. The fourth-order valence-electron chi connectivity index (χ4n) is 3.54. The van der Waals surface area contributed by atoms with Crippen molar-refractivity contribution in [2.45, 2.75) is 25.7 Å². The van der Waals surface area contributed by atoms with Gasteiger partial charge < -0.3 is 14.8 Å². The quantitative estimate of drug-likeness (QED) is 0.336. The number of hydrogen-bond donors (Lipinski definition) is 2. The van der Waals surface area contributed by atoms with Crippen LogP contribution in [0.5, 0.6) is 0 Å². The summed E-state index contributed by atoms with van der Waals surface area (Å²) < 4.78 is 19.7. The van der Waals surface area contributed by atoms with Gasteiger partial charge in [-0.3, -0.25) is 4.79 Å². The van der Waals surface area contributed by atoms with Gasteiger partial charge in [-0.1, -0.05) is 48.9 Å². The lowest BCUT2D eigenvalue weighted by Gasteiger charge is -2.08. The van der Waals surface area contributed by atoms with Gasteiger partial charge in [0, 0.05) is 24.1 Å². The third kappa shape index (κ3) is 4.71. The molecule has 0 aliphatic carbocycles. The highest BCUT2D eigenvalue weighted by Gasteiger charge is 2.22. The summed E-state index contributed by atoms with van der Waals surface area (Å²) in [4.78, 5) is 19.4. The molecule has 2 N–H and O–H groups in total. The van der Waals surface area contributed by atoms with Crippen LogP contribution in [0.1, 0.15) is 25.7 Å². The number of furan rings is 1. The molecular formula is C24H22FN3O3. The van der Waals surface area contributed by atoms with E-state index in [0.29, 0.717) is 30.3 Å². The minimum atomic E-state index is -0.777. The number of carboxylic acid groups (broad SMARTS) is 1. The largest absolute Gasteiger partial charge is 0.481 e. The average Bonchev–Trinajstić information content (AvgIpc) is 3.17. The van der Waals surface area contributed by atoms with Crippen molar-refractivity contribution in [1.29, 1.82) is 0 Å². The average molecular weight is 419 g/mol. The number of carbonyl (C=O) groups is 1. The number of aromatic nitrogens is 2. The summed E-state index contributed by atoms with van der Waals surface area (Å²) in [6.07, 6.45) is 3.88. The number of carboxylic acids is 1. The van der Waals surface area contributed by atoms with Gasteiger partial charge in [0.05, 0.1) is 5.39 Å². The summed E-state index contributed by atoms with van der Waals surface area (Å²) in [5, 5.41) is 12.8. The Labute approximate surface area is 178 Å². The van der Waals surface area contributed by atoms with E-state index in [1.54, 1.807) is 12.1 Å². The number of aliphatic carboxylic acids is 1. The van der Waals surface area contributed by atoms with E-state index in [1.807, 2.05) is 30.3 Å². The Morgan fingerprint density at radius 3 is 2.48 bits per heavy atom. The van der Waals surface area contributed by atoms with E-state index < -0.39 is 5.97 Å². The molecule has 2 aromatic heterocycles. The summed E-state index contributed by atoms with van der Waals surface area (Å²) >= 11 is 0. The topological polar surface area (TPSA) is 88.2 Å². The molecule has 0 amide bonds. The number of benzene rings is 2. The Bertz CT molecular complexity index is 1170. The van der Waals surface area contributed by atoms with Crippen LogP contribution in [0.4, 0.5) is 10.2 Å². The second-order valence-corrected chi connectivity index (χ2v) is 7.21. The Morgan fingerprint density at radius 1 is 0.968 bits per heavy atom. The van der Waals surface area contributed by atoms with E-state index in [-0.39, 0.29) is 12.2 Å². The third-order valence-corrected chi connectivity index (χ3v) is 5.02. The van der Waals surface area contributed by atoms with E-state index in [2.05, 4.69) is 15.3 Å². The highest BCUT2D eigenvalue weighted by Crippen LogP contribution is 2.42. The van der Waals surface area contributed by atoms with E-state index in [0.717, 1.165) is 34.9 Å². The molecule has 0 fully saturated rings. The molecular weight excluding hydrogens is 397 g/mol. The maximum Gasteiger partial charge on any atom is 0.303 e. The lowest BCUT2D eigenvalue weighted by atomic mass is 9.99. The first-order chi connectivity index (χ1) is 15.1. The van der Waals surface area contributed by atoms with Gasteiger partial charge in [-0.05, 0) is 30.5 Å². The molecule has 2 aromatic carbocycles. The van der Waals surface area contributed by atoms with Gasteiger partial charge in [-0.25, -0.2) is 14.4 Å². The van der Waals surface area contributed by atoms with Gasteiger partial charge in [0.2, 0.25) is 5.71 Å². The van der Waals surface area contributed by atoms with E-state index >= 15 is 0 Å².